The summed E-state index contributed by atoms with van der Waals surface area (Å²) in [6.07, 6.45) is 2.12. The van der Waals surface area contributed by atoms with Crippen LogP contribution in [0.4, 0.5) is 0 Å². The van der Waals surface area contributed by atoms with Crippen molar-refractivity contribution in [2.75, 3.05) is 18.6 Å². The second kappa shape index (κ2) is 4.80. The van der Waals surface area contributed by atoms with Crippen LogP contribution in [0, 0.1) is 0 Å². The Labute approximate surface area is 76.0 Å². The van der Waals surface area contributed by atoms with E-state index in [1.54, 1.807) is 11.3 Å². The van der Waals surface area contributed by atoms with Crippen molar-refractivity contribution in [2.24, 2.45) is 5.73 Å². The Morgan fingerprint density at radius 3 is 3.00 bits per heavy atom. The van der Waals surface area contributed by atoms with Crippen LogP contribution in [-0.2, 0) is 0 Å². The summed E-state index contributed by atoms with van der Waals surface area (Å²) in [5.74, 6) is 1.70. The molecule has 0 saturated carbocycles. The average Bonchev–Trinajstić information content (AvgIpc) is 2.52. The fourth-order valence-electron chi connectivity index (χ4n) is 0.991. The average molecular weight is 187 g/mol. The lowest BCUT2D eigenvalue weighted by Gasteiger charge is -2.09. The van der Waals surface area contributed by atoms with Crippen LogP contribution in [0.25, 0.3) is 0 Å². The summed E-state index contributed by atoms with van der Waals surface area (Å²) < 4.78 is 0. The minimum atomic E-state index is 0.560. The van der Waals surface area contributed by atoms with Gasteiger partial charge in [-0.05, 0) is 17.7 Å². The van der Waals surface area contributed by atoms with Gasteiger partial charge in [-0.25, -0.2) is 0 Å². The third-order valence-electron chi connectivity index (χ3n) is 1.60. The highest BCUT2D eigenvalue weighted by atomic mass is 32.2. The molecule has 0 saturated heterocycles. The molecule has 0 aliphatic carbocycles. The molecule has 0 fully saturated rings. The Kier molecular flexibility index (Phi) is 3.97. The lowest BCUT2D eigenvalue weighted by atomic mass is 10.1. The minimum Gasteiger partial charge on any atom is -0.330 e. The summed E-state index contributed by atoms with van der Waals surface area (Å²) in [4.78, 5) is 1.42. The molecule has 2 N–H and O–H groups in total. The molecule has 0 aromatic carbocycles. The highest BCUT2D eigenvalue weighted by molar-refractivity contribution is 7.98. The summed E-state index contributed by atoms with van der Waals surface area (Å²) in [6.45, 7) is 0.765. The van der Waals surface area contributed by atoms with Gasteiger partial charge in [0.05, 0.1) is 0 Å². The molecule has 1 aromatic heterocycles. The van der Waals surface area contributed by atoms with Crippen molar-refractivity contribution in [3.63, 3.8) is 0 Å². The summed E-state index contributed by atoms with van der Waals surface area (Å²) in [7, 11) is 0. The maximum Gasteiger partial charge on any atom is 0.0146 e. The molecule has 0 radical (unpaired) electrons. The van der Waals surface area contributed by atoms with Crippen LogP contribution in [0.5, 0.6) is 0 Å². The van der Waals surface area contributed by atoms with Gasteiger partial charge in [0.1, 0.15) is 0 Å². The molecule has 0 amide bonds. The Morgan fingerprint density at radius 2 is 2.55 bits per heavy atom. The zero-order valence-corrected chi connectivity index (χ0v) is 8.25. The van der Waals surface area contributed by atoms with E-state index in [1.165, 1.54) is 4.88 Å². The number of nitrogens with two attached hydrogens (primary N) is 1. The van der Waals surface area contributed by atoms with Crippen LogP contribution in [0.1, 0.15) is 10.8 Å². The molecule has 1 aromatic rings. The van der Waals surface area contributed by atoms with Crippen molar-refractivity contribution in [3.05, 3.63) is 22.4 Å². The second-order valence-electron chi connectivity index (χ2n) is 2.40. The van der Waals surface area contributed by atoms with Crippen LogP contribution in [0.15, 0.2) is 17.5 Å². The van der Waals surface area contributed by atoms with Crippen LogP contribution in [0.2, 0.25) is 0 Å². The van der Waals surface area contributed by atoms with Crippen LogP contribution in [-0.4, -0.2) is 18.6 Å². The van der Waals surface area contributed by atoms with E-state index >= 15 is 0 Å². The first-order chi connectivity index (χ1) is 5.38. The fourth-order valence-corrected chi connectivity index (χ4v) is 2.66. The van der Waals surface area contributed by atoms with Gasteiger partial charge in [0, 0.05) is 23.1 Å². The van der Waals surface area contributed by atoms with Crippen LogP contribution >= 0.6 is 23.1 Å². The molecule has 0 aliphatic rings. The van der Waals surface area contributed by atoms with E-state index in [4.69, 9.17) is 5.73 Å². The monoisotopic (exact) mass is 187 g/mol. The smallest absolute Gasteiger partial charge is 0.0146 e. The molecule has 62 valence electrons. The van der Waals surface area contributed by atoms with Gasteiger partial charge in [0.2, 0.25) is 0 Å². The minimum absolute atomic E-state index is 0.560. The lowest BCUT2D eigenvalue weighted by molar-refractivity contribution is 0.802. The van der Waals surface area contributed by atoms with E-state index in [0.29, 0.717) is 5.92 Å². The quantitative estimate of drug-likeness (QED) is 0.781. The standard InChI is InChI=1S/C8H13NS2/c1-10-6-7(5-9)8-3-2-4-11-8/h2-4,7H,5-6,9H2,1H3. The Bertz CT molecular complexity index is 184. The van der Waals surface area contributed by atoms with Gasteiger partial charge >= 0.3 is 0 Å². The molecular formula is C8H13NS2. The molecule has 3 heteroatoms. The highest BCUT2D eigenvalue weighted by Crippen LogP contribution is 2.22. The molecule has 1 rings (SSSR count). The van der Waals surface area contributed by atoms with Crippen molar-refractivity contribution >= 4 is 23.1 Å². The number of thioether (sulfide) groups is 1. The van der Waals surface area contributed by atoms with E-state index in [-0.39, 0.29) is 0 Å². The van der Waals surface area contributed by atoms with Crippen molar-refractivity contribution in [2.45, 2.75) is 5.92 Å². The lowest BCUT2D eigenvalue weighted by Crippen LogP contribution is -2.13. The molecule has 0 bridgehead atoms. The number of hydrogen-bond acceptors (Lipinski definition) is 3. The van der Waals surface area contributed by atoms with Gasteiger partial charge < -0.3 is 5.73 Å². The third-order valence-corrected chi connectivity index (χ3v) is 3.37. The Hall–Kier alpha value is 0.01000. The van der Waals surface area contributed by atoms with Gasteiger partial charge in [0.15, 0.2) is 0 Å². The van der Waals surface area contributed by atoms with E-state index in [0.717, 1.165) is 12.3 Å². The predicted molar refractivity (Wildman–Crippen MR) is 54.5 cm³/mol. The van der Waals surface area contributed by atoms with Gasteiger partial charge in [-0.15, -0.1) is 11.3 Å². The summed E-state index contributed by atoms with van der Waals surface area (Å²) in [5.41, 5.74) is 5.64. The topological polar surface area (TPSA) is 26.0 Å². The Morgan fingerprint density at radius 1 is 1.73 bits per heavy atom. The normalized spacial score (nSPS) is 13.3. The predicted octanol–water partition coefficient (Wildman–Crippen LogP) is 2.15. The summed E-state index contributed by atoms with van der Waals surface area (Å²) >= 11 is 3.66. The first-order valence-electron chi connectivity index (χ1n) is 3.61. The SMILES string of the molecule is CSCC(CN)c1cccs1. The number of hydrogen-bond donors (Lipinski definition) is 1. The molecule has 1 unspecified atom stereocenters. The maximum absolute atomic E-state index is 5.64. The molecule has 1 atom stereocenters. The van der Waals surface area contributed by atoms with Crippen molar-refractivity contribution in [1.82, 2.24) is 0 Å². The zero-order chi connectivity index (χ0) is 8.10. The van der Waals surface area contributed by atoms with E-state index in [9.17, 15) is 0 Å². The first-order valence-corrected chi connectivity index (χ1v) is 5.88. The van der Waals surface area contributed by atoms with Gasteiger partial charge in [-0.3, -0.25) is 0 Å². The number of rotatable bonds is 4. The zero-order valence-electron chi connectivity index (χ0n) is 6.62. The van der Waals surface area contributed by atoms with Crippen molar-refractivity contribution in [3.8, 4) is 0 Å². The van der Waals surface area contributed by atoms with Crippen LogP contribution < -0.4 is 5.73 Å². The fraction of sp³-hybridized carbons (Fsp3) is 0.500. The molecular weight excluding hydrogens is 174 g/mol. The van der Waals surface area contributed by atoms with E-state index < -0.39 is 0 Å². The van der Waals surface area contributed by atoms with Gasteiger partial charge in [0.25, 0.3) is 0 Å². The van der Waals surface area contributed by atoms with Gasteiger partial charge in [-0.2, -0.15) is 11.8 Å². The summed E-state index contributed by atoms with van der Waals surface area (Å²) in [5, 5.41) is 2.11. The molecule has 0 spiro atoms. The van der Waals surface area contributed by atoms with E-state index in [2.05, 4.69) is 23.8 Å². The van der Waals surface area contributed by atoms with Crippen molar-refractivity contribution in [1.29, 1.82) is 0 Å². The maximum atomic E-state index is 5.64. The second-order valence-corrected chi connectivity index (χ2v) is 4.29. The van der Waals surface area contributed by atoms with Crippen molar-refractivity contribution < 1.29 is 0 Å². The molecule has 0 aliphatic heterocycles. The first kappa shape index (κ1) is 9.10. The van der Waals surface area contributed by atoms with Crippen LogP contribution in [0.3, 0.4) is 0 Å². The largest absolute Gasteiger partial charge is 0.330 e. The van der Waals surface area contributed by atoms with Gasteiger partial charge in [-0.1, -0.05) is 6.07 Å². The third kappa shape index (κ3) is 2.51. The highest BCUT2D eigenvalue weighted by Gasteiger charge is 2.08. The van der Waals surface area contributed by atoms with E-state index in [1.807, 2.05) is 11.8 Å². The summed E-state index contributed by atoms with van der Waals surface area (Å²) in [6, 6.07) is 4.25. The molecule has 11 heavy (non-hydrogen) atoms. The number of thiophene rings is 1. The Balaban J connectivity index is 2.56. The molecule has 1 heterocycles. The molecule has 1 nitrogen and oxygen atoms in total.